The second kappa shape index (κ2) is 13.4. The van der Waals surface area contributed by atoms with Crippen molar-refractivity contribution >= 4 is 29.1 Å². The summed E-state index contributed by atoms with van der Waals surface area (Å²) in [6.45, 7) is 0.268. The van der Waals surface area contributed by atoms with Crippen molar-refractivity contribution in [1.82, 2.24) is 34.1 Å². The van der Waals surface area contributed by atoms with Gasteiger partial charge in [-0.25, -0.2) is 24.4 Å². The predicted octanol–water partition coefficient (Wildman–Crippen LogP) is 2.86. The molecule has 1 aliphatic heterocycles. The minimum absolute atomic E-state index is 0.00672. The van der Waals surface area contributed by atoms with E-state index >= 15 is 0 Å². The van der Waals surface area contributed by atoms with Crippen LogP contribution in [0.3, 0.4) is 0 Å². The lowest BCUT2D eigenvalue weighted by Gasteiger charge is -2.31. The zero-order valence-corrected chi connectivity index (χ0v) is 24.7. The van der Waals surface area contributed by atoms with Gasteiger partial charge in [-0.3, -0.25) is 9.25 Å². The minimum Gasteiger partial charge on any atom is -0.479 e. The maximum Gasteiger partial charge on any atom is 0.411 e. The van der Waals surface area contributed by atoms with Crippen molar-refractivity contribution in [1.29, 1.82) is 5.26 Å². The van der Waals surface area contributed by atoms with E-state index in [-0.39, 0.29) is 38.0 Å². The molecule has 2 aliphatic rings. The number of nitrogens with zero attached hydrogens (tertiary/aromatic N) is 8. The number of fused-ring (bicyclic) bond motifs is 1. The summed E-state index contributed by atoms with van der Waals surface area (Å²) in [4.78, 5) is 48.6. The molecule has 2 fully saturated rings. The summed E-state index contributed by atoms with van der Waals surface area (Å²) < 4.78 is 13.8. The predicted molar refractivity (Wildman–Crippen MR) is 154 cm³/mol. The summed E-state index contributed by atoms with van der Waals surface area (Å²) in [5.41, 5.74) is 1.80. The van der Waals surface area contributed by atoms with Gasteiger partial charge in [-0.05, 0) is 24.8 Å². The zero-order valence-electron chi connectivity index (χ0n) is 24.7. The van der Waals surface area contributed by atoms with Crippen LogP contribution in [0.2, 0.25) is 0 Å². The van der Waals surface area contributed by atoms with Gasteiger partial charge in [0.05, 0.1) is 36.5 Å². The van der Waals surface area contributed by atoms with Gasteiger partial charge in [0.1, 0.15) is 6.33 Å². The molecule has 4 heterocycles. The monoisotopic (exact) mass is 608 g/mol. The highest BCUT2D eigenvalue weighted by Gasteiger charge is 2.35. The first-order valence-electron chi connectivity index (χ1n) is 14.6. The van der Waals surface area contributed by atoms with Crippen molar-refractivity contribution in [2.45, 2.75) is 69.5 Å². The lowest BCUT2D eigenvalue weighted by molar-refractivity contribution is -0.205. The molecule has 1 saturated carbocycles. The number of carbonyl (C=O) groups excluding carboxylic acids is 2. The number of carboxylic acids is 1. The van der Waals surface area contributed by atoms with Gasteiger partial charge in [-0.2, -0.15) is 10.4 Å². The van der Waals surface area contributed by atoms with Crippen LogP contribution < -0.4 is 0 Å². The maximum atomic E-state index is 13.4. The Morgan fingerprint density at radius 2 is 1.93 bits per heavy atom. The Morgan fingerprint density at radius 1 is 1.18 bits per heavy atom. The number of hydrogen-bond donors (Lipinski definition) is 2. The van der Waals surface area contributed by atoms with Gasteiger partial charge < -0.3 is 29.5 Å². The molecule has 1 unspecified atom stereocenters. The van der Waals surface area contributed by atoms with Crippen molar-refractivity contribution in [2.75, 3.05) is 27.2 Å². The Bertz CT molecular complexity index is 1540. The van der Waals surface area contributed by atoms with Crippen molar-refractivity contribution < 1.29 is 34.1 Å². The number of likely N-dealkylation sites (N-methyl/N-ethyl adjacent to an activating group) is 2. The number of hydrogen-bond acceptors (Lipinski definition) is 10. The number of ether oxygens (including phenoxy) is 2. The SMILES string of the molecule is CN(CCN(C)C(=O)n1ccc2c(-c3cnn(C(CC#N)C4CCCC4)c3)ncnc21)C(=O)O[C@H]1C[C@@H](O)C[C@@H](C(=O)O)O1. The number of aliphatic carboxylic acids is 1. The molecule has 3 aromatic heterocycles. The number of amides is 2. The average Bonchev–Trinajstić information content (AvgIpc) is 3.79. The molecule has 3 aromatic rings. The summed E-state index contributed by atoms with van der Waals surface area (Å²) in [6.07, 6.45) is 7.21. The second-order valence-corrected chi connectivity index (χ2v) is 11.4. The van der Waals surface area contributed by atoms with Crippen LogP contribution in [0, 0.1) is 17.2 Å². The van der Waals surface area contributed by atoms with E-state index in [1.54, 1.807) is 25.5 Å². The van der Waals surface area contributed by atoms with Gasteiger partial charge >= 0.3 is 18.1 Å². The smallest absolute Gasteiger partial charge is 0.411 e. The van der Waals surface area contributed by atoms with Crippen LogP contribution in [0.1, 0.15) is 51.0 Å². The summed E-state index contributed by atoms with van der Waals surface area (Å²) in [6, 6.07) is 3.70. The van der Waals surface area contributed by atoms with E-state index in [4.69, 9.17) is 14.6 Å². The van der Waals surface area contributed by atoms with Gasteiger partial charge in [-0.1, -0.05) is 12.8 Å². The molecule has 0 aromatic carbocycles. The van der Waals surface area contributed by atoms with Crippen LogP contribution in [0.4, 0.5) is 9.59 Å². The molecule has 44 heavy (non-hydrogen) atoms. The van der Waals surface area contributed by atoms with E-state index in [1.807, 2.05) is 10.9 Å². The molecule has 1 saturated heterocycles. The van der Waals surface area contributed by atoms with Crippen LogP contribution in [0.5, 0.6) is 0 Å². The van der Waals surface area contributed by atoms with E-state index in [0.717, 1.165) is 18.4 Å². The van der Waals surface area contributed by atoms with Crippen molar-refractivity contribution in [3.63, 3.8) is 0 Å². The van der Waals surface area contributed by atoms with Crippen LogP contribution in [-0.2, 0) is 14.3 Å². The summed E-state index contributed by atoms with van der Waals surface area (Å²) >= 11 is 0. The Kier molecular flexibility index (Phi) is 9.40. The molecule has 0 spiro atoms. The third kappa shape index (κ3) is 6.66. The van der Waals surface area contributed by atoms with Crippen molar-refractivity contribution in [3.05, 3.63) is 31.0 Å². The standard InChI is InChI=1S/C29H36N8O7/c1-34(11-12-35(2)29(42)44-24-14-20(38)13-23(43-24)27(39)40)28(41)36-10-8-21-25(31-17-32-26(21)36)19-15-33-37(16-19)22(7-9-30)18-5-3-4-6-18/h8,10,15-18,20,22-24,38H,3-7,11-14H2,1-2H3,(H,39,40)/t20-,22?,23-,24-/m0/s1. The van der Waals surface area contributed by atoms with E-state index in [0.29, 0.717) is 29.1 Å². The molecular formula is C29H36N8O7. The van der Waals surface area contributed by atoms with Crippen LogP contribution in [0.25, 0.3) is 22.3 Å². The molecule has 2 amide bonds. The first kappa shape index (κ1) is 30.9. The molecule has 5 rings (SSSR count). The Balaban J connectivity index is 1.22. The van der Waals surface area contributed by atoms with E-state index in [9.17, 15) is 24.8 Å². The third-order valence-corrected chi connectivity index (χ3v) is 8.33. The largest absolute Gasteiger partial charge is 0.479 e. The van der Waals surface area contributed by atoms with Crippen LogP contribution in [0.15, 0.2) is 31.0 Å². The molecule has 0 bridgehead atoms. The van der Waals surface area contributed by atoms with Crippen LogP contribution in [-0.4, -0.2) is 108 Å². The highest BCUT2D eigenvalue weighted by molar-refractivity contribution is 5.96. The first-order valence-corrected chi connectivity index (χ1v) is 14.6. The van der Waals surface area contributed by atoms with Crippen molar-refractivity contribution in [2.24, 2.45) is 5.92 Å². The Hall–Kier alpha value is -4.55. The third-order valence-electron chi connectivity index (χ3n) is 8.33. The number of nitriles is 1. The number of aliphatic hydroxyl groups is 1. The molecule has 1 aliphatic carbocycles. The molecule has 4 atom stereocenters. The second-order valence-electron chi connectivity index (χ2n) is 11.4. The quantitative estimate of drug-likeness (QED) is 0.363. The van der Waals surface area contributed by atoms with E-state index in [2.05, 4.69) is 21.1 Å². The topological polar surface area (TPSA) is 189 Å². The Labute approximate surface area is 253 Å². The molecule has 0 radical (unpaired) electrons. The normalized spacial score (nSPS) is 21.1. The summed E-state index contributed by atoms with van der Waals surface area (Å²) in [5.74, 6) is -0.826. The van der Waals surface area contributed by atoms with Gasteiger partial charge in [0.15, 0.2) is 11.8 Å². The average molecular weight is 609 g/mol. The molecule has 234 valence electrons. The van der Waals surface area contributed by atoms with E-state index in [1.165, 1.54) is 40.6 Å². The fourth-order valence-corrected chi connectivity index (χ4v) is 5.86. The molecule has 15 heteroatoms. The number of rotatable bonds is 9. The van der Waals surface area contributed by atoms with Gasteiger partial charge in [-0.15, -0.1) is 0 Å². The maximum absolute atomic E-state index is 13.4. The van der Waals surface area contributed by atoms with Gasteiger partial charge in [0.2, 0.25) is 6.29 Å². The van der Waals surface area contributed by atoms with E-state index < -0.39 is 30.6 Å². The summed E-state index contributed by atoms with van der Waals surface area (Å²) in [5, 5.41) is 33.7. The molecule has 15 nitrogen and oxygen atoms in total. The molecular weight excluding hydrogens is 572 g/mol. The summed E-state index contributed by atoms with van der Waals surface area (Å²) in [7, 11) is 3.07. The van der Waals surface area contributed by atoms with Crippen LogP contribution >= 0.6 is 0 Å². The lowest BCUT2D eigenvalue weighted by atomic mass is 9.96. The van der Waals surface area contributed by atoms with Crippen molar-refractivity contribution in [3.8, 4) is 17.3 Å². The Morgan fingerprint density at radius 3 is 2.66 bits per heavy atom. The first-order chi connectivity index (χ1) is 21.2. The number of aliphatic hydroxyl groups excluding tert-OH is 1. The molecule has 2 N–H and O–H groups in total. The highest BCUT2D eigenvalue weighted by atomic mass is 16.7. The minimum atomic E-state index is -1.26. The zero-order chi connectivity index (χ0) is 31.4. The lowest BCUT2D eigenvalue weighted by Crippen LogP contribution is -2.44. The highest BCUT2D eigenvalue weighted by Crippen LogP contribution is 2.37. The fraction of sp³-hybridized carbons (Fsp3) is 0.552. The van der Waals surface area contributed by atoms with Gasteiger partial charge in [0, 0.05) is 63.4 Å². The number of carboxylic acid groups (broad SMARTS) is 1. The number of carbonyl (C=O) groups is 3. The fourth-order valence-electron chi connectivity index (χ4n) is 5.86. The number of aromatic nitrogens is 5. The van der Waals surface area contributed by atoms with Gasteiger partial charge in [0.25, 0.3) is 0 Å².